The molecule has 2 fully saturated rings. The Morgan fingerprint density at radius 2 is 1.69 bits per heavy atom. The van der Waals surface area contributed by atoms with Crippen molar-refractivity contribution in [3.8, 4) is 0 Å². The normalized spacial score (nSPS) is 32.3. The fourth-order valence-corrected chi connectivity index (χ4v) is 6.86. The summed E-state index contributed by atoms with van der Waals surface area (Å²) in [6.07, 6.45) is -1.66. The summed E-state index contributed by atoms with van der Waals surface area (Å²) >= 11 is 5.17. The molecular weight excluding hydrogens is 618 g/mol. The zero-order chi connectivity index (χ0) is 29.6. The Hall–Kier alpha value is -2.87. The molecule has 0 aromatic carbocycles. The van der Waals surface area contributed by atoms with Crippen LogP contribution < -0.4 is 11.5 Å². The van der Waals surface area contributed by atoms with E-state index in [4.69, 9.17) is 46.1 Å². The second kappa shape index (κ2) is 11.7. The van der Waals surface area contributed by atoms with E-state index in [9.17, 15) is 19.7 Å². The molecule has 224 valence electrons. The molecule has 4 aromatic heterocycles. The molecule has 42 heavy (non-hydrogen) atoms. The van der Waals surface area contributed by atoms with Gasteiger partial charge in [-0.25, -0.2) is 29.9 Å². The van der Waals surface area contributed by atoms with Gasteiger partial charge < -0.3 is 44.9 Å². The Bertz CT molecular complexity index is 1680. The molecule has 6 heterocycles. The van der Waals surface area contributed by atoms with Crippen LogP contribution in [0.2, 0.25) is 0 Å². The van der Waals surface area contributed by atoms with Gasteiger partial charge in [-0.3, -0.25) is 4.57 Å². The maximum absolute atomic E-state index is 12.9. The van der Waals surface area contributed by atoms with Gasteiger partial charge in [0.1, 0.15) is 60.9 Å². The van der Waals surface area contributed by atoms with Crippen molar-refractivity contribution in [1.29, 1.82) is 0 Å². The van der Waals surface area contributed by atoms with E-state index in [2.05, 4.69) is 29.9 Å². The van der Waals surface area contributed by atoms with Crippen LogP contribution >= 0.6 is 15.0 Å². The standard InChI is InChI=1S/C20H24N10O9P2S/c21-17-14-19(25-5-23-17)29(7-27-14)2-11-16(32)9(31)3-36-41(34,42)39-10-1-13(37-12(10)4-35-40(33)38-11)30-8-28-15-18(22)24-6-26-20(15)30/h5-13,16,31-32H,1-4H2,(H4-,21,22,23,24,25,26,34,42)/p+1/t9-,10+,11?,12?,13-,16?,41?/m1/s1. The van der Waals surface area contributed by atoms with E-state index >= 15 is 0 Å². The van der Waals surface area contributed by atoms with Gasteiger partial charge in [-0.1, -0.05) is 0 Å². The zero-order valence-corrected chi connectivity index (χ0v) is 24.0. The van der Waals surface area contributed by atoms with Gasteiger partial charge in [0.05, 0.1) is 25.8 Å². The first-order chi connectivity index (χ1) is 20.1. The van der Waals surface area contributed by atoms with Gasteiger partial charge >= 0.3 is 15.0 Å². The molecule has 8 atom stereocenters. The highest BCUT2D eigenvalue weighted by atomic mass is 32.5. The lowest BCUT2D eigenvalue weighted by molar-refractivity contribution is -0.0712. The molecule has 2 saturated heterocycles. The second-order valence-corrected chi connectivity index (χ2v) is 13.1. The number of fused-ring (bicyclic) bond motifs is 3. The van der Waals surface area contributed by atoms with Crippen LogP contribution in [0.15, 0.2) is 25.3 Å². The van der Waals surface area contributed by atoms with E-state index in [1.165, 1.54) is 29.9 Å². The number of nitrogen functional groups attached to an aromatic ring is 2. The summed E-state index contributed by atoms with van der Waals surface area (Å²) < 4.78 is 44.2. The maximum atomic E-state index is 12.9. The van der Waals surface area contributed by atoms with Crippen molar-refractivity contribution in [2.75, 3.05) is 24.7 Å². The molecule has 5 unspecified atom stereocenters. The van der Waals surface area contributed by atoms with Gasteiger partial charge in [0.15, 0.2) is 29.0 Å². The first kappa shape index (κ1) is 29.2. The number of rotatable bonds is 3. The van der Waals surface area contributed by atoms with Gasteiger partial charge in [-0.2, -0.15) is 0 Å². The van der Waals surface area contributed by atoms with E-state index < -0.39 is 58.3 Å². The average Bonchev–Trinajstić information content (AvgIpc) is 3.67. The molecule has 0 spiro atoms. The Kier molecular flexibility index (Phi) is 8.11. The summed E-state index contributed by atoms with van der Waals surface area (Å²) in [5.41, 5.74) is 13.1. The highest BCUT2D eigenvalue weighted by molar-refractivity contribution is 8.07. The van der Waals surface area contributed by atoms with Crippen molar-refractivity contribution in [2.24, 2.45) is 0 Å². The van der Waals surface area contributed by atoms with Crippen LogP contribution in [0, 0.1) is 0 Å². The predicted octanol–water partition coefficient (Wildman–Crippen LogP) is -0.469. The number of ether oxygens (including phenoxy) is 1. The summed E-state index contributed by atoms with van der Waals surface area (Å²) in [5.74, 6) is 0.318. The van der Waals surface area contributed by atoms with Crippen LogP contribution in [-0.2, 0) is 45.7 Å². The zero-order valence-electron chi connectivity index (χ0n) is 21.4. The molecule has 6 rings (SSSR count). The van der Waals surface area contributed by atoms with Crippen molar-refractivity contribution in [3.05, 3.63) is 25.3 Å². The third-order valence-electron chi connectivity index (χ3n) is 6.70. The third-order valence-corrected chi connectivity index (χ3v) is 9.09. The van der Waals surface area contributed by atoms with Crippen molar-refractivity contribution in [3.63, 3.8) is 0 Å². The number of nitrogens with two attached hydrogens (primary N) is 2. The molecule has 2 aliphatic heterocycles. The van der Waals surface area contributed by atoms with Crippen LogP contribution in [0.5, 0.6) is 0 Å². The number of aliphatic hydroxyl groups is 2. The molecule has 4 aromatic rings. The SMILES string of the molecule is Nc1ncnc2c1ncn2CC1O[P+](=O)OCC2O[C@@H](n3cnc4c(N)ncnc43)C[C@@H]2OP(O)(=S)OC[C@@H](O)C1O. The predicted molar refractivity (Wildman–Crippen MR) is 146 cm³/mol. The Balaban J connectivity index is 1.24. The van der Waals surface area contributed by atoms with Gasteiger partial charge in [0, 0.05) is 11.0 Å². The second-order valence-electron chi connectivity index (χ2n) is 9.41. The van der Waals surface area contributed by atoms with Crippen LogP contribution in [0.25, 0.3) is 22.3 Å². The van der Waals surface area contributed by atoms with E-state index in [1.807, 2.05) is 0 Å². The van der Waals surface area contributed by atoms with Gasteiger partial charge in [0.25, 0.3) is 0 Å². The van der Waals surface area contributed by atoms with E-state index in [0.29, 0.717) is 22.3 Å². The monoisotopic (exact) mass is 643 g/mol. The minimum Gasteiger partial charge on any atom is -0.388 e. The van der Waals surface area contributed by atoms with Crippen molar-refractivity contribution < 1.29 is 42.5 Å². The molecule has 0 amide bonds. The number of nitrogens with zero attached hydrogens (tertiary/aromatic N) is 8. The molecule has 0 radical (unpaired) electrons. The Labute approximate surface area is 242 Å². The fourth-order valence-electron chi connectivity index (χ4n) is 4.64. The number of hydrogen-bond acceptors (Lipinski definition) is 17. The van der Waals surface area contributed by atoms with Crippen LogP contribution in [0.4, 0.5) is 11.6 Å². The number of aliphatic hydroxyl groups excluding tert-OH is 2. The van der Waals surface area contributed by atoms with Crippen LogP contribution in [-0.4, -0.2) is 97.9 Å². The van der Waals surface area contributed by atoms with E-state index in [0.717, 1.165) is 0 Å². The topological polar surface area (TPSA) is 263 Å². The average molecular weight is 643 g/mol. The lowest BCUT2D eigenvalue weighted by Gasteiger charge is -2.25. The molecular formula is C20H25N10O9P2S+. The molecule has 7 N–H and O–H groups in total. The highest BCUT2D eigenvalue weighted by Gasteiger charge is 2.45. The largest absolute Gasteiger partial charge is 0.697 e. The van der Waals surface area contributed by atoms with Crippen molar-refractivity contribution in [1.82, 2.24) is 39.0 Å². The minimum atomic E-state index is -3.98. The molecule has 19 nitrogen and oxygen atoms in total. The number of anilines is 2. The summed E-state index contributed by atoms with van der Waals surface area (Å²) in [6, 6.07) is 0. The van der Waals surface area contributed by atoms with E-state index in [1.54, 1.807) is 4.57 Å². The molecule has 22 heteroatoms. The summed E-state index contributed by atoms with van der Waals surface area (Å²) in [6.45, 7) is -5.11. The summed E-state index contributed by atoms with van der Waals surface area (Å²) in [4.78, 5) is 35.3. The quantitative estimate of drug-likeness (QED) is 0.177. The first-order valence-corrected chi connectivity index (χ1v) is 16.1. The maximum Gasteiger partial charge on any atom is 0.697 e. The Morgan fingerprint density at radius 3 is 2.45 bits per heavy atom. The smallest absolute Gasteiger partial charge is 0.388 e. The van der Waals surface area contributed by atoms with Crippen molar-refractivity contribution >= 4 is 60.7 Å². The lowest BCUT2D eigenvalue weighted by atomic mass is 10.1. The highest BCUT2D eigenvalue weighted by Crippen LogP contribution is 2.49. The minimum absolute atomic E-state index is 0.135. The lowest BCUT2D eigenvalue weighted by Crippen LogP contribution is -2.42. The summed E-state index contributed by atoms with van der Waals surface area (Å²) in [5, 5.41) is 21.6. The molecule has 0 bridgehead atoms. The summed E-state index contributed by atoms with van der Waals surface area (Å²) in [7, 11) is -2.87. The van der Waals surface area contributed by atoms with Gasteiger partial charge in [-0.15, -0.1) is 9.05 Å². The number of hydrogen-bond donors (Lipinski definition) is 5. The van der Waals surface area contributed by atoms with Crippen LogP contribution in [0.1, 0.15) is 12.6 Å². The fraction of sp³-hybridized carbons (Fsp3) is 0.500. The molecule has 0 saturated carbocycles. The van der Waals surface area contributed by atoms with E-state index in [-0.39, 0.29) is 31.2 Å². The Morgan fingerprint density at radius 1 is 1.00 bits per heavy atom. The number of imidazole rings is 2. The number of aromatic nitrogens is 8. The van der Waals surface area contributed by atoms with Crippen molar-refractivity contribution in [2.45, 2.75) is 49.7 Å². The first-order valence-electron chi connectivity index (χ1n) is 12.4. The van der Waals surface area contributed by atoms with Crippen LogP contribution in [0.3, 0.4) is 0 Å². The third kappa shape index (κ3) is 5.84. The van der Waals surface area contributed by atoms with Gasteiger partial charge in [0.2, 0.25) is 0 Å². The molecule has 2 aliphatic rings. The molecule has 0 aliphatic carbocycles. The van der Waals surface area contributed by atoms with Gasteiger partial charge in [-0.05, 0) is 11.8 Å².